The van der Waals surface area contributed by atoms with E-state index >= 15 is 0 Å². The van der Waals surface area contributed by atoms with E-state index in [2.05, 4.69) is 15.2 Å². The Kier molecular flexibility index (Phi) is 4.39. The summed E-state index contributed by atoms with van der Waals surface area (Å²) in [7, 11) is 0. The summed E-state index contributed by atoms with van der Waals surface area (Å²) in [5, 5.41) is 3.60. The van der Waals surface area contributed by atoms with Gasteiger partial charge in [-0.05, 0) is 44.1 Å². The van der Waals surface area contributed by atoms with Crippen LogP contribution in [0.15, 0.2) is 36.5 Å². The van der Waals surface area contributed by atoms with Crippen molar-refractivity contribution in [3.8, 4) is 11.4 Å². The lowest BCUT2D eigenvalue weighted by molar-refractivity contribution is -0.145. The van der Waals surface area contributed by atoms with Gasteiger partial charge in [0.1, 0.15) is 5.60 Å². The molecule has 6 heteroatoms. The molecule has 3 atom stereocenters. The number of carbonyl (C=O) groups is 1. The van der Waals surface area contributed by atoms with Crippen molar-refractivity contribution in [2.24, 2.45) is 5.92 Å². The molecule has 6 nitrogen and oxygen atoms in total. The van der Waals surface area contributed by atoms with Crippen LogP contribution in [0.2, 0.25) is 0 Å². The van der Waals surface area contributed by atoms with Crippen LogP contribution in [0.3, 0.4) is 0 Å². The predicted molar refractivity (Wildman–Crippen MR) is 113 cm³/mol. The summed E-state index contributed by atoms with van der Waals surface area (Å²) in [6, 6.07) is 11.1. The second-order valence-corrected chi connectivity index (χ2v) is 9.24. The van der Waals surface area contributed by atoms with Gasteiger partial charge in [0.05, 0.1) is 18.2 Å². The van der Waals surface area contributed by atoms with Crippen molar-refractivity contribution in [1.29, 1.82) is 0 Å². The van der Waals surface area contributed by atoms with Crippen molar-refractivity contribution < 1.29 is 9.53 Å². The normalized spacial score (nSPS) is 29.2. The Morgan fingerprint density at radius 1 is 1.17 bits per heavy atom. The minimum absolute atomic E-state index is 0.171. The summed E-state index contributed by atoms with van der Waals surface area (Å²) in [6.45, 7) is 2.19. The Labute approximate surface area is 177 Å². The molecule has 30 heavy (non-hydrogen) atoms. The zero-order chi connectivity index (χ0) is 20.1. The van der Waals surface area contributed by atoms with Crippen LogP contribution in [0.25, 0.3) is 11.4 Å². The van der Waals surface area contributed by atoms with Crippen LogP contribution in [0.4, 0.5) is 0 Å². The zero-order valence-corrected chi connectivity index (χ0v) is 17.2. The molecule has 2 aromatic rings. The van der Waals surface area contributed by atoms with Crippen LogP contribution in [0.5, 0.6) is 0 Å². The van der Waals surface area contributed by atoms with E-state index in [1.54, 1.807) is 0 Å². The van der Waals surface area contributed by atoms with Gasteiger partial charge in [-0.2, -0.15) is 0 Å². The highest BCUT2D eigenvalue weighted by Crippen LogP contribution is 2.42. The number of hydrogen-bond donors (Lipinski definition) is 1. The molecule has 1 spiro atoms. The number of ether oxygens (including phenoxy) is 1. The van der Waals surface area contributed by atoms with Crippen molar-refractivity contribution in [3.05, 3.63) is 47.8 Å². The number of carbonyl (C=O) groups excluding carboxylic acids is 1. The van der Waals surface area contributed by atoms with Crippen LogP contribution >= 0.6 is 0 Å². The molecule has 1 amide bonds. The average molecular weight is 405 g/mol. The highest BCUT2D eigenvalue weighted by Gasteiger charge is 2.47. The van der Waals surface area contributed by atoms with Gasteiger partial charge in [-0.25, -0.2) is 9.97 Å². The van der Waals surface area contributed by atoms with E-state index in [9.17, 15) is 4.79 Å². The van der Waals surface area contributed by atoms with Crippen molar-refractivity contribution >= 4 is 5.91 Å². The summed E-state index contributed by atoms with van der Waals surface area (Å²) in [5.74, 6) is 1.27. The number of likely N-dealkylation sites (tertiary alicyclic amines) is 1. The standard InChI is InChI=1S/C24H28N4O2/c29-23(19-14-18-6-7-20(19)26-18)28-11-9-24(10-12-28)21-17(8-13-30-24)15-25-22(27-21)16-4-2-1-3-5-16/h1-5,15,18-20,26H,6-14H2/t18-,19+,20+/m1/s1. The first kappa shape index (κ1) is 18.5. The Bertz CT molecular complexity index is 955. The number of benzene rings is 1. The second-order valence-electron chi connectivity index (χ2n) is 9.24. The molecule has 2 bridgehead atoms. The molecule has 5 heterocycles. The van der Waals surface area contributed by atoms with E-state index < -0.39 is 0 Å². The topological polar surface area (TPSA) is 67.4 Å². The lowest BCUT2D eigenvalue weighted by atomic mass is 9.82. The summed E-state index contributed by atoms with van der Waals surface area (Å²) >= 11 is 0. The molecule has 1 aromatic carbocycles. The van der Waals surface area contributed by atoms with E-state index in [4.69, 9.17) is 9.72 Å². The third-order valence-electron chi connectivity index (χ3n) is 7.58. The maximum absolute atomic E-state index is 13.2. The van der Waals surface area contributed by atoms with Crippen LogP contribution in [-0.2, 0) is 21.6 Å². The number of aromatic nitrogens is 2. The van der Waals surface area contributed by atoms with Crippen molar-refractivity contribution in [1.82, 2.24) is 20.2 Å². The van der Waals surface area contributed by atoms with Crippen molar-refractivity contribution in [3.63, 3.8) is 0 Å². The highest BCUT2D eigenvalue weighted by molar-refractivity contribution is 5.80. The molecule has 4 aliphatic heterocycles. The largest absolute Gasteiger partial charge is 0.368 e. The first-order chi connectivity index (χ1) is 14.7. The fourth-order valence-corrected chi connectivity index (χ4v) is 5.94. The summed E-state index contributed by atoms with van der Waals surface area (Å²) in [6.07, 6.45) is 7.84. The quantitative estimate of drug-likeness (QED) is 0.834. The molecule has 156 valence electrons. The van der Waals surface area contributed by atoms with Gasteiger partial charge < -0.3 is 15.0 Å². The molecular formula is C24H28N4O2. The fraction of sp³-hybridized carbons (Fsp3) is 0.542. The van der Waals surface area contributed by atoms with Gasteiger partial charge in [0, 0.05) is 36.9 Å². The first-order valence-corrected chi connectivity index (χ1v) is 11.3. The molecule has 0 saturated carbocycles. The molecule has 0 aliphatic carbocycles. The molecule has 0 radical (unpaired) electrons. The molecule has 0 unspecified atom stereocenters. The van der Waals surface area contributed by atoms with E-state index in [0.29, 0.717) is 24.6 Å². The Balaban J connectivity index is 1.23. The Morgan fingerprint density at radius 2 is 2.00 bits per heavy atom. The van der Waals surface area contributed by atoms with Crippen LogP contribution in [0.1, 0.15) is 43.4 Å². The zero-order valence-electron chi connectivity index (χ0n) is 17.2. The third kappa shape index (κ3) is 2.96. The highest BCUT2D eigenvalue weighted by atomic mass is 16.5. The number of piperidine rings is 1. The number of hydrogen-bond acceptors (Lipinski definition) is 5. The molecular weight excluding hydrogens is 376 g/mol. The minimum atomic E-state index is -0.385. The Morgan fingerprint density at radius 3 is 2.73 bits per heavy atom. The predicted octanol–water partition coefficient (Wildman–Crippen LogP) is 2.67. The summed E-state index contributed by atoms with van der Waals surface area (Å²) < 4.78 is 6.39. The molecule has 6 rings (SSSR count). The van der Waals surface area contributed by atoms with E-state index in [-0.39, 0.29) is 11.5 Å². The van der Waals surface area contributed by atoms with Crippen LogP contribution in [0, 0.1) is 5.92 Å². The number of nitrogens with zero attached hydrogens (tertiary/aromatic N) is 3. The number of fused-ring (bicyclic) bond motifs is 4. The van der Waals surface area contributed by atoms with Crippen molar-refractivity contribution in [2.75, 3.05) is 19.7 Å². The number of nitrogens with one attached hydrogen (secondary N) is 1. The SMILES string of the molecule is O=C([C@H]1C[C@H]2CC[C@@H]1N2)N1CCC2(CC1)OCCc1cnc(-c3ccccc3)nc12. The molecule has 3 fully saturated rings. The second kappa shape index (κ2) is 7.13. The first-order valence-electron chi connectivity index (χ1n) is 11.3. The lowest BCUT2D eigenvalue weighted by Crippen LogP contribution is -2.51. The maximum atomic E-state index is 13.2. The lowest BCUT2D eigenvalue weighted by Gasteiger charge is -2.44. The molecule has 3 saturated heterocycles. The smallest absolute Gasteiger partial charge is 0.227 e. The van der Waals surface area contributed by atoms with Gasteiger partial charge in [-0.3, -0.25) is 4.79 Å². The van der Waals surface area contributed by atoms with Crippen LogP contribution < -0.4 is 5.32 Å². The van der Waals surface area contributed by atoms with Gasteiger partial charge in [-0.1, -0.05) is 30.3 Å². The number of rotatable bonds is 2. The maximum Gasteiger partial charge on any atom is 0.227 e. The van der Waals surface area contributed by atoms with Gasteiger partial charge in [0.15, 0.2) is 5.82 Å². The van der Waals surface area contributed by atoms with Gasteiger partial charge in [0.25, 0.3) is 0 Å². The fourth-order valence-electron chi connectivity index (χ4n) is 5.94. The molecule has 4 aliphatic rings. The number of amides is 1. The van der Waals surface area contributed by atoms with Gasteiger partial charge >= 0.3 is 0 Å². The monoisotopic (exact) mass is 404 g/mol. The van der Waals surface area contributed by atoms with Crippen LogP contribution in [-0.4, -0.2) is 52.6 Å². The van der Waals surface area contributed by atoms with Gasteiger partial charge in [0.2, 0.25) is 5.91 Å². The molecule has 1 aromatic heterocycles. The van der Waals surface area contributed by atoms with Gasteiger partial charge in [-0.15, -0.1) is 0 Å². The van der Waals surface area contributed by atoms with E-state index in [0.717, 1.165) is 62.3 Å². The van der Waals surface area contributed by atoms with Crippen molar-refractivity contribution in [2.45, 2.75) is 56.2 Å². The summed E-state index contributed by atoms with van der Waals surface area (Å²) in [5.41, 5.74) is 2.87. The third-order valence-corrected chi connectivity index (χ3v) is 7.58. The average Bonchev–Trinajstić information content (AvgIpc) is 3.44. The summed E-state index contributed by atoms with van der Waals surface area (Å²) in [4.78, 5) is 24.9. The molecule has 1 N–H and O–H groups in total. The Hall–Kier alpha value is -2.31. The van der Waals surface area contributed by atoms with E-state index in [1.807, 2.05) is 36.5 Å². The minimum Gasteiger partial charge on any atom is -0.368 e. The van der Waals surface area contributed by atoms with E-state index in [1.165, 1.54) is 12.0 Å².